The zero-order valence-corrected chi connectivity index (χ0v) is 9.18. The maximum absolute atomic E-state index is 8.08. The molecule has 0 aliphatic carbocycles. The fourth-order valence-electron chi connectivity index (χ4n) is 1.09. The maximum atomic E-state index is 8.08. The van der Waals surface area contributed by atoms with Crippen molar-refractivity contribution in [2.75, 3.05) is 13.2 Å². The van der Waals surface area contributed by atoms with Crippen molar-refractivity contribution in [1.29, 1.82) is 0 Å². The van der Waals surface area contributed by atoms with Crippen molar-refractivity contribution < 1.29 is 4.74 Å². The molecule has 0 saturated carbocycles. The van der Waals surface area contributed by atoms with Gasteiger partial charge in [-0.1, -0.05) is 29.9 Å². The van der Waals surface area contributed by atoms with Gasteiger partial charge >= 0.3 is 0 Å². The Labute approximate surface area is 94.9 Å². The summed E-state index contributed by atoms with van der Waals surface area (Å²) in [6, 6.07) is 7.55. The number of nitrogens with zero attached hydrogens (tertiary/aromatic N) is 3. The Hall–Kier alpha value is -2.11. The quantitative estimate of drug-likeness (QED) is 0.329. The number of rotatable bonds is 4. The molecule has 0 bridgehead atoms. The van der Waals surface area contributed by atoms with Gasteiger partial charge in [-0.2, -0.15) is 0 Å². The highest BCUT2D eigenvalue weighted by Crippen LogP contribution is 2.12. The molecule has 0 unspecified atom stereocenters. The van der Waals surface area contributed by atoms with E-state index in [0.717, 1.165) is 17.7 Å². The summed E-state index contributed by atoms with van der Waals surface area (Å²) in [4.78, 5) is 2.62. The van der Waals surface area contributed by atoms with Crippen LogP contribution in [-0.4, -0.2) is 13.2 Å². The van der Waals surface area contributed by atoms with Crippen LogP contribution in [-0.2, 0) is 0 Å². The molecule has 0 fully saturated rings. The number of ether oxygens (including phenoxy) is 1. The second-order valence-electron chi connectivity index (χ2n) is 3.07. The van der Waals surface area contributed by atoms with Crippen LogP contribution in [0.4, 0.5) is 0 Å². The van der Waals surface area contributed by atoms with E-state index in [1.807, 2.05) is 24.3 Å². The molecule has 0 aromatic heterocycles. The maximum Gasteiger partial charge on any atom is 0.120 e. The molecule has 0 radical (unpaired) electrons. The Morgan fingerprint density at radius 3 is 3.12 bits per heavy atom. The molecule has 82 valence electrons. The number of azide groups is 1. The van der Waals surface area contributed by atoms with Gasteiger partial charge in [-0.05, 0) is 30.2 Å². The molecule has 1 aromatic carbocycles. The first kappa shape index (κ1) is 12.0. The van der Waals surface area contributed by atoms with Crippen LogP contribution in [0, 0.1) is 11.8 Å². The van der Waals surface area contributed by atoms with Crippen LogP contribution in [0.5, 0.6) is 5.75 Å². The topological polar surface area (TPSA) is 58.0 Å². The first-order valence-electron chi connectivity index (χ1n) is 5.09. The van der Waals surface area contributed by atoms with Gasteiger partial charge in [0.05, 0.1) is 13.2 Å². The van der Waals surface area contributed by atoms with Crippen LogP contribution >= 0.6 is 0 Å². The molecule has 0 N–H and O–H groups in total. The molecule has 16 heavy (non-hydrogen) atoms. The van der Waals surface area contributed by atoms with Crippen molar-refractivity contribution in [2.45, 2.75) is 13.3 Å². The standard InChI is InChI=1S/C12H13N3O/c1-2-9-16-12-7-3-5-11(10-12)6-4-8-14-15-13/h3,5,7,10H,2,8-9H2,1H3. The van der Waals surface area contributed by atoms with E-state index in [-0.39, 0.29) is 6.54 Å². The summed E-state index contributed by atoms with van der Waals surface area (Å²) in [5.74, 6) is 6.48. The van der Waals surface area contributed by atoms with Gasteiger partial charge < -0.3 is 4.74 Å². The Balaban J connectivity index is 2.65. The summed E-state index contributed by atoms with van der Waals surface area (Å²) < 4.78 is 5.47. The summed E-state index contributed by atoms with van der Waals surface area (Å²) in [6.07, 6.45) is 0.979. The molecule has 0 amide bonds. The van der Waals surface area contributed by atoms with Gasteiger partial charge in [0.2, 0.25) is 0 Å². The minimum absolute atomic E-state index is 0.191. The van der Waals surface area contributed by atoms with Crippen LogP contribution < -0.4 is 4.74 Å². The minimum atomic E-state index is 0.191. The molecular formula is C12H13N3O. The highest BCUT2D eigenvalue weighted by molar-refractivity contribution is 5.39. The molecule has 0 spiro atoms. The van der Waals surface area contributed by atoms with E-state index < -0.39 is 0 Å². The van der Waals surface area contributed by atoms with E-state index >= 15 is 0 Å². The van der Waals surface area contributed by atoms with Gasteiger partial charge in [0, 0.05) is 10.5 Å². The van der Waals surface area contributed by atoms with Gasteiger partial charge in [0.25, 0.3) is 0 Å². The van der Waals surface area contributed by atoms with Gasteiger partial charge in [0.15, 0.2) is 0 Å². The van der Waals surface area contributed by atoms with Crippen molar-refractivity contribution in [3.05, 3.63) is 40.3 Å². The van der Waals surface area contributed by atoms with Gasteiger partial charge in [-0.15, -0.1) is 0 Å². The first-order valence-corrected chi connectivity index (χ1v) is 5.09. The van der Waals surface area contributed by atoms with Gasteiger partial charge in [-0.3, -0.25) is 0 Å². The summed E-state index contributed by atoms with van der Waals surface area (Å²) >= 11 is 0. The normalized spacial score (nSPS) is 8.56. The molecule has 4 heteroatoms. The van der Waals surface area contributed by atoms with Gasteiger partial charge in [-0.25, -0.2) is 0 Å². The number of benzene rings is 1. The smallest absolute Gasteiger partial charge is 0.120 e. The lowest BCUT2D eigenvalue weighted by molar-refractivity contribution is 0.317. The number of hydrogen-bond donors (Lipinski definition) is 0. The van der Waals surface area contributed by atoms with Crippen LogP contribution in [0.2, 0.25) is 0 Å². The van der Waals surface area contributed by atoms with E-state index in [9.17, 15) is 0 Å². The zero-order valence-electron chi connectivity index (χ0n) is 9.18. The van der Waals surface area contributed by atoms with E-state index in [0.29, 0.717) is 6.61 Å². The fourth-order valence-corrected chi connectivity index (χ4v) is 1.09. The summed E-state index contributed by atoms with van der Waals surface area (Å²) in [6.45, 7) is 2.95. The molecule has 0 atom stereocenters. The van der Waals surface area contributed by atoms with Crippen molar-refractivity contribution in [3.63, 3.8) is 0 Å². The Kier molecular flexibility index (Phi) is 5.40. The second kappa shape index (κ2) is 7.22. The SMILES string of the molecule is CCCOc1cccc(C#CCN=[N+]=[N-])c1. The molecule has 0 aliphatic rings. The summed E-state index contributed by atoms with van der Waals surface area (Å²) in [5, 5.41) is 3.33. The Morgan fingerprint density at radius 2 is 2.38 bits per heavy atom. The van der Waals surface area contributed by atoms with Crippen molar-refractivity contribution in [3.8, 4) is 17.6 Å². The highest BCUT2D eigenvalue weighted by atomic mass is 16.5. The highest BCUT2D eigenvalue weighted by Gasteiger charge is 1.93. The average molecular weight is 215 g/mol. The van der Waals surface area contributed by atoms with E-state index in [1.165, 1.54) is 0 Å². The third kappa shape index (κ3) is 4.41. The zero-order chi connectivity index (χ0) is 11.6. The summed E-state index contributed by atoms with van der Waals surface area (Å²) in [5.41, 5.74) is 8.94. The van der Waals surface area contributed by atoms with E-state index in [1.54, 1.807) is 0 Å². The van der Waals surface area contributed by atoms with E-state index in [4.69, 9.17) is 10.3 Å². The minimum Gasteiger partial charge on any atom is -0.494 e. The summed E-state index contributed by atoms with van der Waals surface area (Å²) in [7, 11) is 0. The van der Waals surface area contributed by atoms with Crippen molar-refractivity contribution in [2.24, 2.45) is 5.11 Å². The van der Waals surface area contributed by atoms with Crippen LogP contribution in [0.15, 0.2) is 29.4 Å². The predicted octanol–water partition coefficient (Wildman–Crippen LogP) is 3.14. The monoisotopic (exact) mass is 215 g/mol. The molecular weight excluding hydrogens is 202 g/mol. The van der Waals surface area contributed by atoms with Crippen molar-refractivity contribution in [1.82, 2.24) is 0 Å². The molecule has 0 aliphatic heterocycles. The van der Waals surface area contributed by atoms with Crippen LogP contribution in [0.1, 0.15) is 18.9 Å². The second-order valence-corrected chi connectivity index (χ2v) is 3.07. The Bertz CT molecular complexity index is 439. The van der Waals surface area contributed by atoms with Crippen molar-refractivity contribution >= 4 is 0 Å². The van der Waals surface area contributed by atoms with Gasteiger partial charge in [0.1, 0.15) is 5.75 Å². The number of hydrogen-bond acceptors (Lipinski definition) is 2. The first-order chi connectivity index (χ1) is 7.86. The molecule has 4 nitrogen and oxygen atoms in total. The molecule has 1 aromatic rings. The van der Waals surface area contributed by atoms with Crippen LogP contribution in [0.25, 0.3) is 10.4 Å². The lowest BCUT2D eigenvalue weighted by Crippen LogP contribution is -1.94. The lowest BCUT2D eigenvalue weighted by atomic mass is 10.2. The predicted molar refractivity (Wildman–Crippen MR) is 63.1 cm³/mol. The van der Waals surface area contributed by atoms with Crippen LogP contribution in [0.3, 0.4) is 0 Å². The van der Waals surface area contributed by atoms with E-state index in [2.05, 4.69) is 28.8 Å². The molecule has 0 saturated heterocycles. The largest absolute Gasteiger partial charge is 0.494 e. The Morgan fingerprint density at radius 1 is 1.50 bits per heavy atom. The lowest BCUT2D eigenvalue weighted by Gasteiger charge is -2.03. The average Bonchev–Trinajstić information content (AvgIpc) is 2.33. The fraction of sp³-hybridized carbons (Fsp3) is 0.333. The third-order valence-corrected chi connectivity index (χ3v) is 1.75. The third-order valence-electron chi connectivity index (χ3n) is 1.75. The molecule has 0 heterocycles. The molecule has 1 rings (SSSR count).